The van der Waals surface area contributed by atoms with Crippen molar-refractivity contribution in [2.75, 3.05) is 6.54 Å². The van der Waals surface area contributed by atoms with Crippen LogP contribution in [0.25, 0.3) is 11.4 Å². The van der Waals surface area contributed by atoms with Crippen molar-refractivity contribution in [1.29, 1.82) is 0 Å². The molecule has 0 radical (unpaired) electrons. The van der Waals surface area contributed by atoms with Gasteiger partial charge in [-0.15, -0.1) is 0 Å². The third-order valence-electron chi connectivity index (χ3n) is 5.14. The summed E-state index contributed by atoms with van der Waals surface area (Å²) in [5, 5.41) is 3.76. The van der Waals surface area contributed by atoms with Crippen molar-refractivity contribution in [3.8, 4) is 11.4 Å². The van der Waals surface area contributed by atoms with Gasteiger partial charge in [0, 0.05) is 12.1 Å². The summed E-state index contributed by atoms with van der Waals surface area (Å²) in [4.78, 5) is 18.8. The third kappa shape index (κ3) is 5.11. The lowest BCUT2D eigenvalue weighted by Crippen LogP contribution is -2.36. The number of carbonyl (C=O) groups is 1. The molecule has 4 rings (SSSR count). The van der Waals surface area contributed by atoms with Crippen LogP contribution in [0.15, 0.2) is 59.1 Å². The first-order valence-electron chi connectivity index (χ1n) is 9.85. The van der Waals surface area contributed by atoms with Crippen LogP contribution in [0.2, 0.25) is 0 Å². The van der Waals surface area contributed by atoms with Gasteiger partial charge in [0.2, 0.25) is 5.82 Å². The molecule has 1 unspecified atom stereocenters. The van der Waals surface area contributed by atoms with E-state index in [9.17, 15) is 18.0 Å². The number of benzene rings is 2. The van der Waals surface area contributed by atoms with Gasteiger partial charge in [-0.3, -0.25) is 9.69 Å². The second kappa shape index (κ2) is 8.89. The van der Waals surface area contributed by atoms with E-state index in [1.165, 1.54) is 12.1 Å². The molecule has 9 heteroatoms. The van der Waals surface area contributed by atoms with Crippen molar-refractivity contribution in [3.63, 3.8) is 0 Å². The van der Waals surface area contributed by atoms with Crippen LogP contribution in [0.4, 0.5) is 13.2 Å². The molecule has 1 aliphatic heterocycles. The third-order valence-corrected chi connectivity index (χ3v) is 5.14. The average Bonchev–Trinajstić information content (AvgIpc) is 3.42. The maximum Gasteiger partial charge on any atom is 0.416 e. The lowest BCUT2D eigenvalue weighted by atomic mass is 10.1. The molecular formula is C22H20F3N3O3. The topological polar surface area (TPSA) is 68.5 Å². The molecule has 1 aliphatic rings. The lowest BCUT2D eigenvalue weighted by Gasteiger charge is -2.22. The van der Waals surface area contributed by atoms with Crippen molar-refractivity contribution in [2.24, 2.45) is 0 Å². The normalized spacial score (nSPS) is 17.1. The minimum Gasteiger partial charge on any atom is -0.454 e. The summed E-state index contributed by atoms with van der Waals surface area (Å²) in [5.41, 5.74) is 0.741. The monoisotopic (exact) mass is 431 g/mol. The second-order valence-electron chi connectivity index (χ2n) is 7.31. The summed E-state index contributed by atoms with van der Waals surface area (Å²) >= 11 is 0. The summed E-state index contributed by atoms with van der Waals surface area (Å²) in [6, 6.07) is 14.0. The van der Waals surface area contributed by atoms with Crippen LogP contribution in [-0.2, 0) is 28.9 Å². The molecule has 0 bridgehead atoms. The molecule has 0 saturated carbocycles. The molecule has 3 aromatic rings. The smallest absolute Gasteiger partial charge is 0.416 e. The van der Waals surface area contributed by atoms with Crippen LogP contribution in [0.3, 0.4) is 0 Å². The maximum atomic E-state index is 12.7. The highest BCUT2D eigenvalue weighted by atomic mass is 19.4. The van der Waals surface area contributed by atoms with Crippen LogP contribution in [0, 0.1) is 0 Å². The Morgan fingerprint density at radius 1 is 1.13 bits per heavy atom. The summed E-state index contributed by atoms with van der Waals surface area (Å²) in [7, 11) is 0. The Kier molecular flexibility index (Phi) is 6.03. The first kappa shape index (κ1) is 21.0. The first-order valence-corrected chi connectivity index (χ1v) is 9.85. The lowest BCUT2D eigenvalue weighted by molar-refractivity contribution is -0.151. The number of likely N-dealkylation sites (tertiary alicyclic amines) is 1. The van der Waals surface area contributed by atoms with E-state index in [4.69, 9.17) is 9.26 Å². The van der Waals surface area contributed by atoms with E-state index in [-0.39, 0.29) is 30.3 Å². The van der Waals surface area contributed by atoms with Crippen LogP contribution in [0.5, 0.6) is 0 Å². The average molecular weight is 431 g/mol. The Balaban J connectivity index is 1.34. The summed E-state index contributed by atoms with van der Waals surface area (Å²) in [6.45, 7) is 1.29. The molecular weight excluding hydrogens is 411 g/mol. The van der Waals surface area contributed by atoms with Crippen molar-refractivity contribution in [2.45, 2.75) is 38.2 Å². The number of rotatable bonds is 6. The zero-order valence-corrected chi connectivity index (χ0v) is 16.5. The number of aromatic nitrogens is 2. The molecule has 0 amide bonds. The van der Waals surface area contributed by atoms with Gasteiger partial charge in [0.1, 0.15) is 6.04 Å². The number of halogens is 3. The molecule has 2 heterocycles. The number of nitrogens with zero attached hydrogens (tertiary/aromatic N) is 3. The second-order valence-corrected chi connectivity index (χ2v) is 7.31. The minimum absolute atomic E-state index is 0.0795. The number of hydrogen-bond donors (Lipinski definition) is 0. The molecule has 0 spiro atoms. The predicted octanol–water partition coefficient (Wildman–Crippen LogP) is 4.46. The van der Waals surface area contributed by atoms with Gasteiger partial charge in [-0.1, -0.05) is 47.6 Å². The zero-order valence-electron chi connectivity index (χ0n) is 16.5. The molecule has 1 atom stereocenters. The van der Waals surface area contributed by atoms with E-state index in [1.807, 2.05) is 30.3 Å². The van der Waals surface area contributed by atoms with Crippen LogP contribution >= 0.6 is 0 Å². The van der Waals surface area contributed by atoms with Gasteiger partial charge in [-0.05, 0) is 37.1 Å². The van der Waals surface area contributed by atoms with Gasteiger partial charge in [0.15, 0.2) is 6.61 Å². The van der Waals surface area contributed by atoms with Gasteiger partial charge >= 0.3 is 12.1 Å². The number of alkyl halides is 3. The van der Waals surface area contributed by atoms with Crippen molar-refractivity contribution < 1.29 is 27.2 Å². The molecule has 2 aromatic carbocycles. The largest absolute Gasteiger partial charge is 0.454 e. The Labute approximate surface area is 176 Å². The van der Waals surface area contributed by atoms with E-state index < -0.39 is 11.7 Å². The van der Waals surface area contributed by atoms with Gasteiger partial charge in [-0.25, -0.2) is 0 Å². The summed E-state index contributed by atoms with van der Waals surface area (Å²) < 4.78 is 48.5. The Bertz CT molecular complexity index is 1020. The minimum atomic E-state index is -4.41. The fourth-order valence-corrected chi connectivity index (χ4v) is 3.57. The van der Waals surface area contributed by atoms with Gasteiger partial charge in [0.25, 0.3) is 5.89 Å². The van der Waals surface area contributed by atoms with E-state index in [1.54, 1.807) is 0 Å². The quantitative estimate of drug-likeness (QED) is 0.537. The highest BCUT2D eigenvalue weighted by Crippen LogP contribution is 2.30. The van der Waals surface area contributed by atoms with Crippen molar-refractivity contribution in [3.05, 3.63) is 71.6 Å². The standard InChI is InChI=1S/C22H20F3N3O3/c23-22(24,25)17-10-8-16(9-11-17)20-26-19(31-27-20)14-30-21(29)18-7-4-12-28(18)13-15-5-2-1-3-6-15/h1-3,5-6,8-11,18H,4,7,12-14H2. The fraction of sp³-hybridized carbons (Fsp3) is 0.318. The van der Waals surface area contributed by atoms with Crippen LogP contribution in [-0.4, -0.2) is 33.6 Å². The van der Waals surface area contributed by atoms with Crippen molar-refractivity contribution >= 4 is 5.97 Å². The van der Waals surface area contributed by atoms with Gasteiger partial charge < -0.3 is 9.26 Å². The van der Waals surface area contributed by atoms with E-state index in [0.717, 1.165) is 30.7 Å². The maximum absolute atomic E-state index is 12.7. The van der Waals surface area contributed by atoms with E-state index in [2.05, 4.69) is 15.0 Å². The SMILES string of the molecule is O=C(OCc1nc(-c2ccc(C(F)(F)F)cc2)no1)C1CCCN1Cc1ccccc1. The van der Waals surface area contributed by atoms with Crippen LogP contribution in [0.1, 0.15) is 29.9 Å². The molecule has 0 aliphatic carbocycles. The van der Waals surface area contributed by atoms with Crippen LogP contribution < -0.4 is 0 Å². The number of hydrogen-bond acceptors (Lipinski definition) is 6. The molecule has 6 nitrogen and oxygen atoms in total. The summed E-state index contributed by atoms with van der Waals surface area (Å²) in [6.07, 6.45) is -2.79. The Hall–Kier alpha value is -3.20. The molecule has 31 heavy (non-hydrogen) atoms. The number of ether oxygens (including phenoxy) is 1. The molecule has 1 aromatic heterocycles. The van der Waals surface area contributed by atoms with E-state index in [0.29, 0.717) is 18.5 Å². The first-order chi connectivity index (χ1) is 14.9. The fourth-order valence-electron chi connectivity index (χ4n) is 3.57. The number of carbonyl (C=O) groups excluding carboxylic acids is 1. The highest BCUT2D eigenvalue weighted by Gasteiger charge is 2.32. The highest BCUT2D eigenvalue weighted by molar-refractivity contribution is 5.76. The molecule has 0 N–H and O–H groups in total. The Morgan fingerprint density at radius 3 is 2.58 bits per heavy atom. The predicted molar refractivity (Wildman–Crippen MR) is 104 cm³/mol. The summed E-state index contributed by atoms with van der Waals surface area (Å²) in [5.74, 6) is -0.148. The molecule has 1 fully saturated rings. The Morgan fingerprint density at radius 2 is 1.87 bits per heavy atom. The molecule has 1 saturated heterocycles. The van der Waals surface area contributed by atoms with E-state index >= 15 is 0 Å². The molecule has 162 valence electrons. The zero-order chi connectivity index (χ0) is 21.8. The van der Waals surface area contributed by atoms with Gasteiger partial charge in [-0.2, -0.15) is 18.2 Å². The van der Waals surface area contributed by atoms with Crippen molar-refractivity contribution in [1.82, 2.24) is 15.0 Å². The van der Waals surface area contributed by atoms with Gasteiger partial charge in [0.05, 0.1) is 5.56 Å². The number of esters is 1.